The van der Waals surface area contributed by atoms with E-state index in [1.165, 1.54) is 12.1 Å². The zero-order chi connectivity index (χ0) is 14.7. The van der Waals surface area contributed by atoms with Crippen LogP contribution < -0.4 is 5.32 Å². The standard InChI is InChI=1S/C13H9ClF2N2O2/c14-9-4-7(15)5-10(16)12(9)17-6-8-2-1-3-11(18-8)13(19)20/h1-5,17H,6H2,(H,19,20). The average molecular weight is 299 g/mol. The van der Waals surface area contributed by atoms with Gasteiger partial charge in [-0.3, -0.25) is 0 Å². The number of benzene rings is 1. The number of aromatic nitrogens is 1. The first-order valence-corrected chi connectivity index (χ1v) is 5.93. The molecular weight excluding hydrogens is 290 g/mol. The molecule has 0 atom stereocenters. The van der Waals surface area contributed by atoms with Gasteiger partial charge in [-0.1, -0.05) is 17.7 Å². The van der Waals surface area contributed by atoms with Gasteiger partial charge in [0.2, 0.25) is 0 Å². The van der Waals surface area contributed by atoms with Gasteiger partial charge >= 0.3 is 5.97 Å². The number of hydrogen-bond acceptors (Lipinski definition) is 3. The highest BCUT2D eigenvalue weighted by molar-refractivity contribution is 6.33. The van der Waals surface area contributed by atoms with E-state index in [1.54, 1.807) is 6.07 Å². The molecule has 2 N–H and O–H groups in total. The molecule has 0 aliphatic heterocycles. The molecule has 0 spiro atoms. The summed E-state index contributed by atoms with van der Waals surface area (Å²) in [5, 5.41) is 11.4. The van der Waals surface area contributed by atoms with Crippen LogP contribution in [0.2, 0.25) is 5.02 Å². The Morgan fingerprint density at radius 1 is 1.35 bits per heavy atom. The lowest BCUT2D eigenvalue weighted by Gasteiger charge is -2.09. The van der Waals surface area contributed by atoms with Gasteiger partial charge in [-0.25, -0.2) is 18.6 Å². The number of nitrogens with one attached hydrogen (secondary N) is 1. The Morgan fingerprint density at radius 3 is 2.75 bits per heavy atom. The van der Waals surface area contributed by atoms with E-state index in [9.17, 15) is 13.6 Å². The number of rotatable bonds is 4. The third-order valence-electron chi connectivity index (χ3n) is 2.48. The van der Waals surface area contributed by atoms with Crippen molar-refractivity contribution in [2.45, 2.75) is 6.54 Å². The fraction of sp³-hybridized carbons (Fsp3) is 0.0769. The van der Waals surface area contributed by atoms with Crippen LogP contribution in [-0.2, 0) is 6.54 Å². The lowest BCUT2D eigenvalue weighted by molar-refractivity contribution is 0.0690. The lowest BCUT2D eigenvalue weighted by Crippen LogP contribution is -2.07. The molecule has 0 aliphatic carbocycles. The molecule has 0 amide bonds. The van der Waals surface area contributed by atoms with Crippen molar-refractivity contribution < 1.29 is 18.7 Å². The normalized spacial score (nSPS) is 10.3. The predicted molar refractivity (Wildman–Crippen MR) is 69.9 cm³/mol. The van der Waals surface area contributed by atoms with Crippen molar-refractivity contribution in [1.29, 1.82) is 0 Å². The Balaban J connectivity index is 2.17. The molecule has 0 unspecified atom stereocenters. The number of carbonyl (C=O) groups is 1. The molecule has 1 aromatic heterocycles. The predicted octanol–water partition coefficient (Wildman–Crippen LogP) is 3.32. The smallest absolute Gasteiger partial charge is 0.354 e. The van der Waals surface area contributed by atoms with E-state index >= 15 is 0 Å². The van der Waals surface area contributed by atoms with Crippen molar-refractivity contribution >= 4 is 23.3 Å². The fourth-order valence-electron chi connectivity index (χ4n) is 1.59. The Bertz CT molecular complexity index is 642. The van der Waals surface area contributed by atoms with Gasteiger partial charge in [-0.2, -0.15) is 0 Å². The Morgan fingerprint density at radius 2 is 2.10 bits per heavy atom. The molecule has 0 saturated heterocycles. The van der Waals surface area contributed by atoms with Crippen LogP contribution in [-0.4, -0.2) is 16.1 Å². The minimum atomic E-state index is -1.15. The molecule has 1 heterocycles. The van der Waals surface area contributed by atoms with Crippen LogP contribution in [0.5, 0.6) is 0 Å². The summed E-state index contributed by atoms with van der Waals surface area (Å²) in [6.07, 6.45) is 0. The summed E-state index contributed by atoms with van der Waals surface area (Å²) >= 11 is 5.73. The highest BCUT2D eigenvalue weighted by atomic mass is 35.5. The number of carboxylic acid groups (broad SMARTS) is 1. The number of hydrogen-bond donors (Lipinski definition) is 2. The topological polar surface area (TPSA) is 62.2 Å². The molecule has 20 heavy (non-hydrogen) atoms. The summed E-state index contributed by atoms with van der Waals surface area (Å²) in [5.41, 5.74) is 0.218. The lowest BCUT2D eigenvalue weighted by atomic mass is 10.2. The van der Waals surface area contributed by atoms with Crippen molar-refractivity contribution in [3.05, 3.63) is 58.4 Å². The van der Waals surface area contributed by atoms with Gasteiger partial charge in [0.1, 0.15) is 11.5 Å². The van der Waals surface area contributed by atoms with E-state index in [2.05, 4.69) is 10.3 Å². The van der Waals surface area contributed by atoms with Crippen molar-refractivity contribution in [2.24, 2.45) is 0 Å². The van der Waals surface area contributed by atoms with E-state index in [-0.39, 0.29) is 22.9 Å². The summed E-state index contributed by atoms with van der Waals surface area (Å²) < 4.78 is 26.4. The number of halogens is 3. The van der Waals surface area contributed by atoms with Crippen LogP contribution in [0.3, 0.4) is 0 Å². The van der Waals surface area contributed by atoms with Gasteiger partial charge in [-0.15, -0.1) is 0 Å². The average Bonchev–Trinajstić information content (AvgIpc) is 2.37. The van der Waals surface area contributed by atoms with Crippen LogP contribution in [0.15, 0.2) is 30.3 Å². The van der Waals surface area contributed by atoms with Gasteiger partial charge in [0.15, 0.2) is 5.82 Å². The summed E-state index contributed by atoms with van der Waals surface area (Å²) in [5.74, 6) is -2.76. The second-order valence-corrected chi connectivity index (χ2v) is 4.32. The van der Waals surface area contributed by atoms with E-state index in [0.717, 1.165) is 6.07 Å². The number of aromatic carboxylic acids is 1. The second-order valence-electron chi connectivity index (χ2n) is 3.92. The minimum absolute atomic E-state index is 0.0589. The Hall–Kier alpha value is -2.21. The largest absolute Gasteiger partial charge is 0.477 e. The van der Waals surface area contributed by atoms with E-state index in [4.69, 9.17) is 16.7 Å². The molecule has 0 saturated carbocycles. The quantitative estimate of drug-likeness (QED) is 0.909. The molecule has 2 aromatic rings. The van der Waals surface area contributed by atoms with Gasteiger partial charge in [-0.05, 0) is 18.2 Å². The van der Waals surface area contributed by atoms with Crippen molar-refractivity contribution in [3.63, 3.8) is 0 Å². The van der Waals surface area contributed by atoms with E-state index < -0.39 is 17.6 Å². The molecule has 2 rings (SSSR count). The van der Waals surface area contributed by atoms with Gasteiger partial charge in [0.25, 0.3) is 0 Å². The van der Waals surface area contributed by atoms with Crippen molar-refractivity contribution in [1.82, 2.24) is 4.98 Å². The zero-order valence-electron chi connectivity index (χ0n) is 10.0. The molecule has 0 aliphatic rings. The Labute approximate surface area is 118 Å². The molecule has 7 heteroatoms. The first kappa shape index (κ1) is 14.2. The molecular formula is C13H9ClF2N2O2. The second kappa shape index (κ2) is 5.83. The zero-order valence-corrected chi connectivity index (χ0v) is 10.8. The summed E-state index contributed by atoms with van der Waals surface area (Å²) in [4.78, 5) is 14.6. The van der Waals surface area contributed by atoms with Crippen LogP contribution in [0.25, 0.3) is 0 Å². The Kier molecular flexibility index (Phi) is 4.14. The first-order chi connectivity index (χ1) is 9.47. The maximum atomic E-state index is 13.5. The maximum Gasteiger partial charge on any atom is 0.354 e. The highest BCUT2D eigenvalue weighted by Gasteiger charge is 2.10. The number of pyridine rings is 1. The summed E-state index contributed by atoms with van der Waals surface area (Å²) in [6, 6.07) is 6.13. The maximum absolute atomic E-state index is 13.5. The minimum Gasteiger partial charge on any atom is -0.477 e. The van der Waals surface area contributed by atoms with Gasteiger partial charge in [0.05, 0.1) is 22.9 Å². The summed E-state index contributed by atoms with van der Waals surface area (Å²) in [6.45, 7) is 0.0589. The van der Waals surface area contributed by atoms with Crippen molar-refractivity contribution in [3.8, 4) is 0 Å². The van der Waals surface area contributed by atoms with Crippen LogP contribution in [0.1, 0.15) is 16.2 Å². The first-order valence-electron chi connectivity index (χ1n) is 5.55. The number of carboxylic acids is 1. The number of nitrogens with zero attached hydrogens (tertiary/aromatic N) is 1. The highest BCUT2D eigenvalue weighted by Crippen LogP contribution is 2.26. The molecule has 0 radical (unpaired) electrons. The fourth-order valence-corrected chi connectivity index (χ4v) is 1.85. The third-order valence-corrected chi connectivity index (χ3v) is 2.78. The molecule has 0 fully saturated rings. The van der Waals surface area contributed by atoms with Crippen LogP contribution in [0, 0.1) is 11.6 Å². The SMILES string of the molecule is O=C(O)c1cccc(CNc2c(F)cc(F)cc2Cl)n1. The number of anilines is 1. The van der Waals surface area contributed by atoms with Gasteiger partial charge in [0, 0.05) is 6.07 Å². The van der Waals surface area contributed by atoms with Crippen LogP contribution in [0.4, 0.5) is 14.5 Å². The van der Waals surface area contributed by atoms with E-state index in [1.807, 2.05) is 0 Å². The molecule has 104 valence electrons. The van der Waals surface area contributed by atoms with E-state index in [0.29, 0.717) is 11.8 Å². The molecule has 0 bridgehead atoms. The molecule has 4 nitrogen and oxygen atoms in total. The monoisotopic (exact) mass is 298 g/mol. The molecule has 1 aromatic carbocycles. The third kappa shape index (κ3) is 3.21. The summed E-state index contributed by atoms with van der Waals surface area (Å²) in [7, 11) is 0. The van der Waals surface area contributed by atoms with Crippen LogP contribution >= 0.6 is 11.6 Å². The van der Waals surface area contributed by atoms with Crippen molar-refractivity contribution in [2.75, 3.05) is 5.32 Å². The van der Waals surface area contributed by atoms with Gasteiger partial charge < -0.3 is 10.4 Å².